The van der Waals surface area contributed by atoms with Gasteiger partial charge in [0, 0.05) is 18.1 Å². The number of nitrogens with zero attached hydrogens (tertiary/aromatic N) is 1. The Labute approximate surface area is 130 Å². The molecule has 1 atom stereocenters. The number of halogens is 2. The van der Waals surface area contributed by atoms with Crippen LogP contribution in [0, 0.1) is 5.92 Å². The summed E-state index contributed by atoms with van der Waals surface area (Å²) in [6, 6.07) is 2.49. The minimum atomic E-state index is -3.73. The van der Waals surface area contributed by atoms with Crippen molar-refractivity contribution >= 4 is 33.2 Å². The van der Waals surface area contributed by atoms with Gasteiger partial charge in [-0.1, -0.05) is 37.0 Å². The van der Waals surface area contributed by atoms with Crippen molar-refractivity contribution in [2.24, 2.45) is 5.92 Å². The molecule has 1 rings (SSSR count). The number of hydrogen-bond donors (Lipinski definition) is 1. The van der Waals surface area contributed by atoms with E-state index >= 15 is 0 Å². The topological polar surface area (TPSA) is 57.6 Å². The third-order valence-electron chi connectivity index (χ3n) is 3.47. The van der Waals surface area contributed by atoms with Crippen LogP contribution < -0.4 is 0 Å². The minimum Gasteiger partial charge on any atom is -0.392 e. The smallest absolute Gasteiger partial charge is 0.244 e. The highest BCUT2D eigenvalue weighted by Crippen LogP contribution is 2.31. The third kappa shape index (κ3) is 3.46. The molecule has 114 valence electrons. The van der Waals surface area contributed by atoms with E-state index in [2.05, 4.69) is 0 Å². The molecular formula is C13H19Cl2NO3S. The van der Waals surface area contributed by atoms with E-state index < -0.39 is 10.0 Å². The maximum atomic E-state index is 12.6. The molecular weight excluding hydrogens is 321 g/mol. The quantitative estimate of drug-likeness (QED) is 0.896. The minimum absolute atomic E-state index is 0.0392. The van der Waals surface area contributed by atoms with Crippen molar-refractivity contribution in [2.75, 3.05) is 7.05 Å². The van der Waals surface area contributed by atoms with E-state index in [1.54, 1.807) is 0 Å². The highest BCUT2D eigenvalue weighted by molar-refractivity contribution is 7.89. The van der Waals surface area contributed by atoms with E-state index in [4.69, 9.17) is 23.2 Å². The summed E-state index contributed by atoms with van der Waals surface area (Å²) in [4.78, 5) is -0.0392. The molecule has 1 unspecified atom stereocenters. The average Bonchev–Trinajstić information content (AvgIpc) is 2.36. The van der Waals surface area contributed by atoms with Gasteiger partial charge in [-0.3, -0.25) is 0 Å². The largest absolute Gasteiger partial charge is 0.392 e. The molecule has 0 aromatic heterocycles. The summed E-state index contributed by atoms with van der Waals surface area (Å²) in [6.45, 7) is 5.37. The lowest BCUT2D eigenvalue weighted by atomic mass is 10.1. The van der Waals surface area contributed by atoms with Crippen LogP contribution in [0.5, 0.6) is 0 Å². The van der Waals surface area contributed by atoms with Crippen molar-refractivity contribution in [3.63, 3.8) is 0 Å². The monoisotopic (exact) mass is 339 g/mol. The van der Waals surface area contributed by atoms with Gasteiger partial charge in [-0.15, -0.1) is 0 Å². The number of hydrogen-bond acceptors (Lipinski definition) is 3. The second-order valence-electron chi connectivity index (χ2n) is 5.04. The Kier molecular flexibility index (Phi) is 5.87. The van der Waals surface area contributed by atoms with E-state index in [9.17, 15) is 13.5 Å². The second-order valence-corrected chi connectivity index (χ2v) is 7.82. The second kappa shape index (κ2) is 6.62. The van der Waals surface area contributed by atoms with Crippen molar-refractivity contribution in [3.8, 4) is 0 Å². The maximum absolute atomic E-state index is 12.6. The highest BCUT2D eigenvalue weighted by Gasteiger charge is 2.29. The zero-order chi connectivity index (χ0) is 15.7. The first-order valence-corrected chi connectivity index (χ1v) is 8.39. The summed E-state index contributed by atoms with van der Waals surface area (Å²) in [5.41, 5.74) is 0.334. The molecule has 4 nitrogen and oxygen atoms in total. The van der Waals surface area contributed by atoms with Crippen LogP contribution in [0.2, 0.25) is 10.0 Å². The molecule has 0 aliphatic carbocycles. The van der Waals surface area contributed by atoms with Crippen molar-refractivity contribution in [1.82, 2.24) is 4.31 Å². The molecule has 0 saturated heterocycles. The molecule has 1 N–H and O–H groups in total. The lowest BCUT2D eigenvalue weighted by Gasteiger charge is -2.27. The predicted octanol–water partition coefficient (Wildman–Crippen LogP) is 3.15. The summed E-state index contributed by atoms with van der Waals surface area (Å²) >= 11 is 11.9. The summed E-state index contributed by atoms with van der Waals surface area (Å²) in [5.74, 6) is 0.165. The van der Waals surface area contributed by atoms with Gasteiger partial charge in [-0.25, -0.2) is 8.42 Å². The van der Waals surface area contributed by atoms with Gasteiger partial charge in [0.15, 0.2) is 0 Å². The normalized spacial score (nSPS) is 14.1. The fourth-order valence-corrected chi connectivity index (χ4v) is 4.01. The van der Waals surface area contributed by atoms with Crippen molar-refractivity contribution in [1.29, 1.82) is 0 Å². The summed E-state index contributed by atoms with van der Waals surface area (Å²) in [7, 11) is -2.21. The molecule has 0 aliphatic rings. The first kappa shape index (κ1) is 17.7. The van der Waals surface area contributed by atoms with E-state index in [-0.39, 0.29) is 33.5 Å². The Balaban J connectivity index is 3.36. The van der Waals surface area contributed by atoms with Crippen LogP contribution in [0.3, 0.4) is 0 Å². The van der Waals surface area contributed by atoms with Crippen molar-refractivity contribution in [3.05, 3.63) is 27.7 Å². The SMILES string of the molecule is CC(C)C(C)N(C)S(=O)(=O)c1cc(CO)c(Cl)cc1Cl. The van der Waals surface area contributed by atoms with Crippen LogP contribution in [0.4, 0.5) is 0 Å². The van der Waals surface area contributed by atoms with Crippen molar-refractivity contribution < 1.29 is 13.5 Å². The van der Waals surface area contributed by atoms with Gasteiger partial charge in [-0.2, -0.15) is 4.31 Å². The molecule has 7 heteroatoms. The number of rotatable bonds is 5. The van der Waals surface area contributed by atoms with Crippen LogP contribution in [0.25, 0.3) is 0 Å². The lowest BCUT2D eigenvalue weighted by Crippen LogP contribution is -2.38. The molecule has 1 aromatic rings. The van der Waals surface area contributed by atoms with Gasteiger partial charge < -0.3 is 5.11 Å². The predicted molar refractivity (Wildman–Crippen MR) is 81.6 cm³/mol. The van der Waals surface area contributed by atoms with E-state index in [0.29, 0.717) is 5.56 Å². The number of benzene rings is 1. The molecule has 0 radical (unpaired) electrons. The molecule has 0 bridgehead atoms. The van der Waals surface area contributed by atoms with Crippen LogP contribution in [0.15, 0.2) is 17.0 Å². The van der Waals surface area contributed by atoms with E-state index in [1.807, 2.05) is 20.8 Å². The zero-order valence-electron chi connectivity index (χ0n) is 11.9. The van der Waals surface area contributed by atoms with Crippen molar-refractivity contribution in [2.45, 2.75) is 38.3 Å². The Morgan fingerprint density at radius 2 is 1.75 bits per heavy atom. The maximum Gasteiger partial charge on any atom is 0.244 e. The van der Waals surface area contributed by atoms with Crippen LogP contribution in [0.1, 0.15) is 26.3 Å². The Hall–Kier alpha value is -0.330. The fraction of sp³-hybridized carbons (Fsp3) is 0.538. The van der Waals surface area contributed by atoms with Gasteiger partial charge in [0.05, 0.1) is 11.6 Å². The first-order chi connectivity index (χ1) is 9.12. The lowest BCUT2D eigenvalue weighted by molar-refractivity contribution is 0.281. The van der Waals surface area contributed by atoms with Gasteiger partial charge in [-0.05, 0) is 30.5 Å². The van der Waals surface area contributed by atoms with E-state index in [0.717, 1.165) is 0 Å². The third-order valence-corrected chi connectivity index (χ3v) is 6.23. The van der Waals surface area contributed by atoms with Crippen LogP contribution >= 0.6 is 23.2 Å². The van der Waals surface area contributed by atoms with Gasteiger partial charge >= 0.3 is 0 Å². The molecule has 0 amide bonds. The average molecular weight is 340 g/mol. The zero-order valence-corrected chi connectivity index (χ0v) is 14.2. The van der Waals surface area contributed by atoms with Gasteiger partial charge in [0.25, 0.3) is 0 Å². The first-order valence-electron chi connectivity index (χ1n) is 6.19. The van der Waals surface area contributed by atoms with Gasteiger partial charge in [0.1, 0.15) is 4.90 Å². The molecule has 20 heavy (non-hydrogen) atoms. The number of aliphatic hydroxyl groups is 1. The number of aliphatic hydroxyl groups excluding tert-OH is 1. The Bertz CT molecular complexity index is 588. The number of sulfonamides is 1. The summed E-state index contributed by atoms with van der Waals surface area (Å²) in [5, 5.41) is 9.50. The van der Waals surface area contributed by atoms with Gasteiger partial charge in [0.2, 0.25) is 10.0 Å². The molecule has 0 heterocycles. The Morgan fingerprint density at radius 1 is 1.20 bits per heavy atom. The Morgan fingerprint density at radius 3 is 2.20 bits per heavy atom. The molecule has 0 fully saturated rings. The fourth-order valence-electron chi connectivity index (χ4n) is 1.68. The van der Waals surface area contributed by atoms with Crippen LogP contribution in [-0.4, -0.2) is 30.9 Å². The molecule has 0 spiro atoms. The van der Waals surface area contributed by atoms with Crippen LogP contribution in [-0.2, 0) is 16.6 Å². The molecule has 0 aliphatic heterocycles. The molecule has 0 saturated carbocycles. The molecule has 1 aromatic carbocycles. The summed E-state index contributed by atoms with van der Waals surface area (Å²) < 4.78 is 26.5. The summed E-state index contributed by atoms with van der Waals surface area (Å²) in [6.07, 6.45) is 0. The van der Waals surface area contributed by atoms with E-state index in [1.165, 1.54) is 23.5 Å². The highest BCUT2D eigenvalue weighted by atomic mass is 35.5. The standard InChI is InChI=1S/C13H19Cl2NO3S/c1-8(2)9(3)16(4)20(18,19)13-5-10(7-17)11(14)6-12(13)15/h5-6,8-9,17H,7H2,1-4H3.